The van der Waals surface area contributed by atoms with E-state index in [1.54, 1.807) is 0 Å². The Labute approximate surface area is 69.6 Å². The SMILES string of the molecule is COc1ccc(F)cc1C(N)O. The van der Waals surface area contributed by atoms with Crippen LogP contribution in [0, 0.1) is 5.82 Å². The second-order valence-corrected chi connectivity index (χ2v) is 2.33. The standard InChI is InChI=1S/C8H10FNO2/c1-12-7-3-2-5(9)4-6(7)8(10)11/h2-4,8,11H,10H2,1H3. The first kappa shape index (κ1) is 8.96. The van der Waals surface area contributed by atoms with Gasteiger partial charge < -0.3 is 15.6 Å². The van der Waals surface area contributed by atoms with Crippen LogP contribution in [0.15, 0.2) is 18.2 Å². The van der Waals surface area contributed by atoms with E-state index in [0.29, 0.717) is 5.75 Å². The topological polar surface area (TPSA) is 55.5 Å². The second-order valence-electron chi connectivity index (χ2n) is 2.33. The van der Waals surface area contributed by atoms with Crippen LogP contribution < -0.4 is 10.5 Å². The summed E-state index contributed by atoms with van der Waals surface area (Å²) in [5.41, 5.74) is 5.42. The van der Waals surface area contributed by atoms with E-state index in [1.165, 1.54) is 19.2 Å². The van der Waals surface area contributed by atoms with Crippen LogP contribution in [0.1, 0.15) is 11.8 Å². The van der Waals surface area contributed by atoms with Gasteiger partial charge in [-0.25, -0.2) is 4.39 Å². The third kappa shape index (κ3) is 1.72. The Kier molecular flexibility index (Phi) is 2.62. The number of hydrogen-bond donors (Lipinski definition) is 2. The van der Waals surface area contributed by atoms with Gasteiger partial charge in [0.15, 0.2) is 0 Å². The summed E-state index contributed by atoms with van der Waals surface area (Å²) in [5.74, 6) is -0.0679. The molecule has 3 nitrogen and oxygen atoms in total. The second kappa shape index (κ2) is 3.51. The smallest absolute Gasteiger partial charge is 0.132 e. The number of nitrogens with two attached hydrogens (primary N) is 1. The quantitative estimate of drug-likeness (QED) is 0.646. The summed E-state index contributed by atoms with van der Waals surface area (Å²) < 4.78 is 17.5. The monoisotopic (exact) mass is 171 g/mol. The van der Waals surface area contributed by atoms with E-state index < -0.39 is 12.0 Å². The third-order valence-corrected chi connectivity index (χ3v) is 1.51. The molecule has 0 aromatic heterocycles. The van der Waals surface area contributed by atoms with Crippen molar-refractivity contribution in [1.82, 2.24) is 0 Å². The zero-order valence-electron chi connectivity index (χ0n) is 6.62. The van der Waals surface area contributed by atoms with E-state index in [0.717, 1.165) is 6.07 Å². The summed E-state index contributed by atoms with van der Waals surface area (Å²) in [6.07, 6.45) is -1.21. The molecule has 0 amide bonds. The number of ether oxygens (including phenoxy) is 1. The van der Waals surface area contributed by atoms with Gasteiger partial charge >= 0.3 is 0 Å². The maximum absolute atomic E-state index is 12.6. The minimum absolute atomic E-state index is 0.248. The van der Waals surface area contributed by atoms with Crippen LogP contribution >= 0.6 is 0 Å². The molecule has 1 atom stereocenters. The number of rotatable bonds is 2. The Morgan fingerprint density at radius 1 is 1.58 bits per heavy atom. The largest absolute Gasteiger partial charge is 0.496 e. The van der Waals surface area contributed by atoms with Crippen molar-refractivity contribution >= 4 is 0 Å². The van der Waals surface area contributed by atoms with Crippen LogP contribution in [-0.2, 0) is 0 Å². The number of benzene rings is 1. The lowest BCUT2D eigenvalue weighted by Crippen LogP contribution is -2.10. The Morgan fingerprint density at radius 3 is 2.75 bits per heavy atom. The molecular weight excluding hydrogens is 161 g/mol. The lowest BCUT2D eigenvalue weighted by Gasteiger charge is -2.09. The molecule has 0 heterocycles. The molecule has 1 aromatic rings. The van der Waals surface area contributed by atoms with Crippen molar-refractivity contribution in [2.24, 2.45) is 5.73 Å². The average Bonchev–Trinajstić information content (AvgIpc) is 2.04. The van der Waals surface area contributed by atoms with Crippen molar-refractivity contribution in [2.75, 3.05) is 7.11 Å². The number of aliphatic hydroxyl groups excluding tert-OH is 1. The summed E-state index contributed by atoms with van der Waals surface area (Å²) in [5, 5.41) is 8.99. The fourth-order valence-corrected chi connectivity index (χ4v) is 0.936. The fraction of sp³-hybridized carbons (Fsp3) is 0.250. The summed E-state index contributed by atoms with van der Waals surface area (Å²) in [6, 6.07) is 3.80. The number of halogens is 1. The van der Waals surface area contributed by atoms with Gasteiger partial charge in [-0.1, -0.05) is 0 Å². The van der Waals surface area contributed by atoms with Crippen molar-refractivity contribution < 1.29 is 14.2 Å². The molecule has 0 radical (unpaired) electrons. The van der Waals surface area contributed by atoms with Crippen LogP contribution in [0.5, 0.6) is 5.75 Å². The van der Waals surface area contributed by atoms with E-state index in [4.69, 9.17) is 15.6 Å². The Balaban J connectivity index is 3.12. The van der Waals surface area contributed by atoms with Crippen LogP contribution in [-0.4, -0.2) is 12.2 Å². The molecule has 1 unspecified atom stereocenters. The molecule has 1 aromatic carbocycles. The van der Waals surface area contributed by atoms with Crippen molar-refractivity contribution in [3.63, 3.8) is 0 Å². The Bertz CT molecular complexity index is 276. The summed E-state index contributed by atoms with van der Waals surface area (Å²) in [7, 11) is 1.43. The van der Waals surface area contributed by atoms with Crippen LogP contribution in [0.25, 0.3) is 0 Å². The molecule has 0 spiro atoms. The van der Waals surface area contributed by atoms with Crippen LogP contribution in [0.4, 0.5) is 4.39 Å². The highest BCUT2D eigenvalue weighted by Gasteiger charge is 2.09. The van der Waals surface area contributed by atoms with E-state index in [2.05, 4.69) is 0 Å². The van der Waals surface area contributed by atoms with Crippen LogP contribution in [0.2, 0.25) is 0 Å². The van der Waals surface area contributed by atoms with E-state index >= 15 is 0 Å². The van der Waals surface area contributed by atoms with Gasteiger partial charge in [-0.2, -0.15) is 0 Å². The average molecular weight is 171 g/mol. The Morgan fingerprint density at radius 2 is 2.25 bits per heavy atom. The normalized spacial score (nSPS) is 12.7. The molecule has 1 rings (SSSR count). The van der Waals surface area contributed by atoms with Gasteiger partial charge in [0.25, 0.3) is 0 Å². The molecule has 12 heavy (non-hydrogen) atoms. The van der Waals surface area contributed by atoms with Gasteiger partial charge in [0.1, 0.15) is 17.8 Å². The van der Waals surface area contributed by atoms with Gasteiger partial charge in [-0.3, -0.25) is 0 Å². The van der Waals surface area contributed by atoms with Gasteiger partial charge in [-0.05, 0) is 18.2 Å². The summed E-state index contributed by atoms with van der Waals surface area (Å²) >= 11 is 0. The Hall–Kier alpha value is -1.13. The molecule has 4 heteroatoms. The van der Waals surface area contributed by atoms with Crippen LogP contribution in [0.3, 0.4) is 0 Å². The molecule has 0 fully saturated rings. The predicted molar refractivity (Wildman–Crippen MR) is 42.1 cm³/mol. The minimum atomic E-state index is -1.21. The third-order valence-electron chi connectivity index (χ3n) is 1.51. The molecule has 0 saturated heterocycles. The molecule has 0 aliphatic carbocycles. The number of methoxy groups -OCH3 is 1. The maximum Gasteiger partial charge on any atom is 0.132 e. The van der Waals surface area contributed by atoms with Gasteiger partial charge in [-0.15, -0.1) is 0 Å². The van der Waals surface area contributed by atoms with Gasteiger partial charge in [0, 0.05) is 5.56 Å². The van der Waals surface area contributed by atoms with Crippen molar-refractivity contribution in [3.8, 4) is 5.75 Å². The van der Waals surface area contributed by atoms with Gasteiger partial charge in [0.05, 0.1) is 7.11 Å². The fourth-order valence-electron chi connectivity index (χ4n) is 0.936. The number of aliphatic hydroxyl groups is 1. The number of hydrogen-bond acceptors (Lipinski definition) is 3. The lowest BCUT2D eigenvalue weighted by molar-refractivity contribution is 0.181. The van der Waals surface area contributed by atoms with Gasteiger partial charge in [0.2, 0.25) is 0 Å². The maximum atomic E-state index is 12.6. The minimum Gasteiger partial charge on any atom is -0.496 e. The van der Waals surface area contributed by atoms with E-state index in [9.17, 15) is 4.39 Å². The predicted octanol–water partition coefficient (Wildman–Crippen LogP) is 0.784. The summed E-state index contributed by atoms with van der Waals surface area (Å²) in [4.78, 5) is 0. The van der Waals surface area contributed by atoms with Crippen molar-refractivity contribution in [3.05, 3.63) is 29.6 Å². The molecular formula is C8H10FNO2. The zero-order valence-corrected chi connectivity index (χ0v) is 6.62. The first-order valence-electron chi connectivity index (χ1n) is 3.42. The van der Waals surface area contributed by atoms with E-state index in [-0.39, 0.29) is 5.56 Å². The molecule has 0 aliphatic heterocycles. The van der Waals surface area contributed by atoms with E-state index in [1.807, 2.05) is 0 Å². The summed E-state index contributed by atoms with van der Waals surface area (Å²) in [6.45, 7) is 0. The van der Waals surface area contributed by atoms with Crippen molar-refractivity contribution in [1.29, 1.82) is 0 Å². The highest BCUT2D eigenvalue weighted by Crippen LogP contribution is 2.22. The van der Waals surface area contributed by atoms with Crippen molar-refractivity contribution in [2.45, 2.75) is 6.23 Å². The lowest BCUT2D eigenvalue weighted by atomic mass is 10.2. The molecule has 66 valence electrons. The molecule has 0 aliphatic rings. The molecule has 0 saturated carbocycles. The first-order valence-corrected chi connectivity index (χ1v) is 3.42. The highest BCUT2D eigenvalue weighted by molar-refractivity contribution is 5.35. The molecule has 3 N–H and O–H groups in total. The highest BCUT2D eigenvalue weighted by atomic mass is 19.1. The first-order chi connectivity index (χ1) is 5.65. The zero-order chi connectivity index (χ0) is 9.14. The molecule has 0 bridgehead atoms.